The summed E-state index contributed by atoms with van der Waals surface area (Å²) in [6.07, 6.45) is -1.20. The van der Waals surface area contributed by atoms with Crippen LogP contribution in [0.15, 0.2) is 30.3 Å². The van der Waals surface area contributed by atoms with Crippen LogP contribution < -0.4 is 5.46 Å². The molecule has 0 unspecified atom stereocenters. The molecule has 2 heterocycles. The van der Waals surface area contributed by atoms with Crippen LogP contribution in [0.4, 0.5) is 0 Å². The third-order valence-corrected chi connectivity index (χ3v) is 4.66. The van der Waals surface area contributed by atoms with E-state index in [4.69, 9.17) is 18.8 Å². The summed E-state index contributed by atoms with van der Waals surface area (Å²) < 4.78 is 23.0. The van der Waals surface area contributed by atoms with Gasteiger partial charge in [0, 0.05) is 12.8 Å². The number of benzene rings is 1. The van der Waals surface area contributed by atoms with Gasteiger partial charge in [0.25, 0.3) is 0 Å². The zero-order chi connectivity index (χ0) is 16.2. The van der Waals surface area contributed by atoms with Crippen LogP contribution in [0.5, 0.6) is 0 Å². The van der Waals surface area contributed by atoms with Gasteiger partial charge in [0.05, 0.1) is 12.2 Å². The molecule has 1 aromatic rings. The van der Waals surface area contributed by atoms with Gasteiger partial charge in [0.1, 0.15) is 6.10 Å². The predicted octanol–water partition coefficient (Wildman–Crippen LogP) is 0.369. The van der Waals surface area contributed by atoms with Gasteiger partial charge in [-0.1, -0.05) is 30.3 Å². The van der Waals surface area contributed by atoms with Gasteiger partial charge in [0.2, 0.25) is 0 Å². The molecule has 0 amide bonds. The van der Waals surface area contributed by atoms with Gasteiger partial charge in [0.15, 0.2) is 11.4 Å². The second-order valence-corrected chi connectivity index (χ2v) is 6.87. The van der Waals surface area contributed by atoms with E-state index in [1.807, 2.05) is 30.3 Å². The van der Waals surface area contributed by atoms with Crippen molar-refractivity contribution in [3.8, 4) is 0 Å². The Morgan fingerprint density at radius 2 is 1.91 bits per heavy atom. The molecule has 3 aliphatic rings. The maximum atomic E-state index is 12.5. The van der Waals surface area contributed by atoms with E-state index in [0.29, 0.717) is 6.42 Å². The van der Waals surface area contributed by atoms with Gasteiger partial charge in [-0.2, -0.15) is 0 Å². The Morgan fingerprint density at radius 3 is 2.65 bits per heavy atom. The minimum absolute atomic E-state index is 0.149. The van der Waals surface area contributed by atoms with Crippen LogP contribution in [0.3, 0.4) is 0 Å². The Balaban J connectivity index is 1.58. The zero-order valence-corrected chi connectivity index (χ0v) is 13.1. The van der Waals surface area contributed by atoms with Crippen LogP contribution in [-0.4, -0.2) is 47.9 Å². The molecule has 0 radical (unpaired) electrons. The van der Waals surface area contributed by atoms with E-state index in [1.54, 1.807) is 13.8 Å². The topological polar surface area (TPSA) is 74.2 Å². The van der Waals surface area contributed by atoms with Crippen molar-refractivity contribution in [2.75, 3.05) is 0 Å². The monoisotopic (exact) mass is 318 g/mol. The van der Waals surface area contributed by atoms with Crippen LogP contribution in [-0.2, 0) is 23.6 Å². The molecule has 3 fully saturated rings. The molecular weight excluding hydrogens is 299 g/mol. The molecule has 1 aromatic carbocycles. The molecule has 4 atom stereocenters. The highest BCUT2D eigenvalue weighted by atomic mass is 16.8. The predicted molar refractivity (Wildman–Crippen MR) is 80.8 cm³/mol. The number of fused-ring (bicyclic) bond motifs is 1. The summed E-state index contributed by atoms with van der Waals surface area (Å²) >= 11 is 0. The van der Waals surface area contributed by atoms with Gasteiger partial charge in [-0.3, -0.25) is 4.79 Å². The van der Waals surface area contributed by atoms with Crippen molar-refractivity contribution in [3.05, 3.63) is 30.3 Å². The molecule has 1 saturated carbocycles. The summed E-state index contributed by atoms with van der Waals surface area (Å²) in [6.45, 7) is 3.59. The summed E-state index contributed by atoms with van der Waals surface area (Å²) in [5.41, 5.74) is -0.400. The fourth-order valence-electron chi connectivity index (χ4n) is 3.70. The van der Waals surface area contributed by atoms with Crippen molar-refractivity contribution < 1.29 is 28.7 Å². The number of rotatable bonds is 1. The van der Waals surface area contributed by atoms with Crippen molar-refractivity contribution in [2.45, 2.75) is 56.4 Å². The first-order valence-corrected chi connectivity index (χ1v) is 7.86. The van der Waals surface area contributed by atoms with E-state index in [-0.39, 0.29) is 6.42 Å². The summed E-state index contributed by atoms with van der Waals surface area (Å²) in [7, 11) is -0.747. The lowest BCUT2D eigenvalue weighted by molar-refractivity contribution is -0.156. The summed E-state index contributed by atoms with van der Waals surface area (Å²) in [4.78, 5) is 12.5. The fraction of sp³-hybridized carbons (Fsp3) is 0.562. The standard InChI is InChI=1S/C16H19BO6/c1-15(2)20-12-9-16(8-11(18)13(12)21-15)14(19)22-17(23-16)10-6-4-3-5-7-10/h3-7,11-13,18H,8-9H2,1-2H3/t11-,12-,13+,16-/m1/s1. The first-order valence-electron chi connectivity index (χ1n) is 7.86. The minimum atomic E-state index is -1.18. The highest BCUT2D eigenvalue weighted by molar-refractivity contribution is 6.64. The first kappa shape index (κ1) is 15.1. The van der Waals surface area contributed by atoms with Crippen LogP contribution in [0.2, 0.25) is 0 Å². The Kier molecular flexibility index (Phi) is 3.32. The summed E-state index contributed by atoms with van der Waals surface area (Å²) in [5.74, 6) is -1.22. The summed E-state index contributed by atoms with van der Waals surface area (Å²) in [5, 5.41) is 10.4. The average Bonchev–Trinajstić information content (AvgIpc) is 2.97. The van der Waals surface area contributed by atoms with Crippen molar-refractivity contribution in [1.82, 2.24) is 0 Å². The lowest BCUT2D eigenvalue weighted by Crippen LogP contribution is -2.54. The molecule has 1 spiro atoms. The SMILES string of the molecule is CC1(C)O[C@H]2[C@H](O)C[C@]3(C[C@H]2O1)OB(c1ccccc1)OC3=O. The third-order valence-electron chi connectivity index (χ3n) is 4.66. The second kappa shape index (κ2) is 5.04. The van der Waals surface area contributed by atoms with E-state index in [0.717, 1.165) is 5.46 Å². The fourth-order valence-corrected chi connectivity index (χ4v) is 3.70. The molecule has 122 valence electrons. The van der Waals surface area contributed by atoms with Crippen LogP contribution in [0.25, 0.3) is 0 Å². The Labute approximate surface area is 134 Å². The quantitative estimate of drug-likeness (QED) is 0.754. The van der Waals surface area contributed by atoms with Gasteiger partial charge >= 0.3 is 13.1 Å². The Morgan fingerprint density at radius 1 is 1.17 bits per heavy atom. The first-order chi connectivity index (χ1) is 10.9. The minimum Gasteiger partial charge on any atom is -0.504 e. The lowest BCUT2D eigenvalue weighted by Gasteiger charge is -2.38. The smallest absolute Gasteiger partial charge is 0.504 e. The summed E-state index contributed by atoms with van der Waals surface area (Å²) in [6, 6.07) is 9.30. The third kappa shape index (κ3) is 2.48. The van der Waals surface area contributed by atoms with Gasteiger partial charge in [-0.05, 0) is 19.3 Å². The molecule has 7 heteroatoms. The lowest BCUT2D eigenvalue weighted by atomic mass is 9.77. The van der Waals surface area contributed by atoms with E-state index in [1.165, 1.54) is 0 Å². The number of aliphatic hydroxyl groups excluding tert-OH is 1. The number of carbonyl (C=O) groups is 1. The molecule has 1 aliphatic carbocycles. The molecule has 6 nitrogen and oxygen atoms in total. The molecule has 0 bridgehead atoms. The zero-order valence-electron chi connectivity index (χ0n) is 13.1. The molecule has 1 N–H and O–H groups in total. The van der Waals surface area contributed by atoms with E-state index in [2.05, 4.69) is 0 Å². The number of hydrogen-bond donors (Lipinski definition) is 1. The van der Waals surface area contributed by atoms with E-state index in [9.17, 15) is 9.90 Å². The van der Waals surface area contributed by atoms with Crippen molar-refractivity contribution in [2.24, 2.45) is 0 Å². The number of aliphatic hydroxyl groups is 1. The van der Waals surface area contributed by atoms with Gasteiger partial charge in [-0.15, -0.1) is 0 Å². The van der Waals surface area contributed by atoms with Gasteiger partial charge < -0.3 is 23.9 Å². The largest absolute Gasteiger partial charge is 0.565 e. The molecular formula is C16H19BO6. The highest BCUT2D eigenvalue weighted by Gasteiger charge is 2.62. The van der Waals surface area contributed by atoms with Crippen LogP contribution in [0.1, 0.15) is 26.7 Å². The number of hydrogen-bond acceptors (Lipinski definition) is 6. The Bertz CT molecular complexity index is 620. The highest BCUT2D eigenvalue weighted by Crippen LogP contribution is 2.44. The van der Waals surface area contributed by atoms with E-state index < -0.39 is 42.8 Å². The molecule has 2 saturated heterocycles. The normalized spacial score (nSPS) is 38.7. The molecule has 23 heavy (non-hydrogen) atoms. The molecule has 4 rings (SSSR count). The van der Waals surface area contributed by atoms with Crippen molar-refractivity contribution in [3.63, 3.8) is 0 Å². The van der Waals surface area contributed by atoms with Crippen LogP contribution >= 0.6 is 0 Å². The van der Waals surface area contributed by atoms with Gasteiger partial charge in [-0.25, -0.2) is 0 Å². The number of ether oxygens (including phenoxy) is 2. The average molecular weight is 318 g/mol. The van der Waals surface area contributed by atoms with Crippen LogP contribution in [0, 0.1) is 0 Å². The Hall–Kier alpha value is -1.41. The van der Waals surface area contributed by atoms with Crippen molar-refractivity contribution in [1.29, 1.82) is 0 Å². The maximum Gasteiger partial charge on any atom is 0.565 e. The maximum absolute atomic E-state index is 12.5. The number of carbonyl (C=O) groups excluding carboxylic acids is 1. The molecule has 0 aromatic heterocycles. The van der Waals surface area contributed by atoms with Crippen molar-refractivity contribution >= 4 is 18.6 Å². The second-order valence-electron chi connectivity index (χ2n) is 6.87. The van der Waals surface area contributed by atoms with E-state index >= 15 is 0 Å². The molecule has 2 aliphatic heterocycles.